The molecule has 2 fully saturated rings. The summed E-state index contributed by atoms with van der Waals surface area (Å²) < 4.78 is 41.9. The van der Waals surface area contributed by atoms with Crippen molar-refractivity contribution in [1.82, 2.24) is 4.98 Å². The number of benzene rings is 2. The number of hydrogen-bond acceptors (Lipinski definition) is 3. The lowest BCUT2D eigenvalue weighted by atomic mass is 10.0. The predicted octanol–water partition coefficient (Wildman–Crippen LogP) is 5.88. The van der Waals surface area contributed by atoms with Gasteiger partial charge in [0.25, 0.3) is 5.91 Å². The number of aromatic amines is 1. The molecule has 34 heavy (non-hydrogen) atoms. The first-order chi connectivity index (χ1) is 16.3. The Balaban J connectivity index is 1.50. The van der Waals surface area contributed by atoms with Gasteiger partial charge < -0.3 is 15.2 Å². The second-order valence-electron chi connectivity index (χ2n) is 9.17. The van der Waals surface area contributed by atoms with Gasteiger partial charge in [0.15, 0.2) is 0 Å². The van der Waals surface area contributed by atoms with E-state index in [0.29, 0.717) is 23.0 Å². The third-order valence-electron chi connectivity index (χ3n) is 7.07. The van der Waals surface area contributed by atoms with Gasteiger partial charge in [-0.1, -0.05) is 25.5 Å². The van der Waals surface area contributed by atoms with Crippen LogP contribution in [0.1, 0.15) is 60.5 Å². The number of nitrogens with zero attached hydrogens (tertiary/aromatic N) is 1. The topological polar surface area (TPSA) is 65.2 Å². The van der Waals surface area contributed by atoms with E-state index < -0.39 is 23.1 Å². The van der Waals surface area contributed by atoms with Crippen molar-refractivity contribution in [1.29, 1.82) is 0 Å². The van der Waals surface area contributed by atoms with Gasteiger partial charge in [-0.2, -0.15) is 13.2 Å². The summed E-state index contributed by atoms with van der Waals surface area (Å²) in [5.41, 5.74) is -0.0460. The number of rotatable bonds is 5. The maximum Gasteiger partial charge on any atom is 0.418 e. The van der Waals surface area contributed by atoms with E-state index in [4.69, 9.17) is 0 Å². The van der Waals surface area contributed by atoms with Crippen LogP contribution in [0.3, 0.4) is 0 Å². The van der Waals surface area contributed by atoms with Crippen molar-refractivity contribution in [3.8, 4) is 0 Å². The van der Waals surface area contributed by atoms with Crippen LogP contribution in [0.2, 0.25) is 0 Å². The average Bonchev–Trinajstić information content (AvgIpc) is 3.40. The van der Waals surface area contributed by atoms with E-state index in [-0.39, 0.29) is 23.3 Å². The highest BCUT2D eigenvalue weighted by Gasteiger charge is 2.41. The number of fused-ring (bicyclic) bond motifs is 3. The predicted molar refractivity (Wildman–Crippen MR) is 126 cm³/mol. The molecule has 0 atom stereocenters. The van der Waals surface area contributed by atoms with E-state index in [9.17, 15) is 22.8 Å². The molecule has 1 amide bonds. The summed E-state index contributed by atoms with van der Waals surface area (Å²) in [5, 5.41) is 2.74. The lowest BCUT2D eigenvalue weighted by Crippen LogP contribution is -2.28. The Bertz CT molecular complexity index is 1290. The number of aromatic nitrogens is 1. The van der Waals surface area contributed by atoms with E-state index in [1.54, 1.807) is 12.1 Å². The van der Waals surface area contributed by atoms with E-state index in [1.165, 1.54) is 12.3 Å². The van der Waals surface area contributed by atoms with E-state index in [2.05, 4.69) is 15.2 Å². The Morgan fingerprint density at radius 3 is 2.47 bits per heavy atom. The molecule has 2 aliphatic rings. The van der Waals surface area contributed by atoms with Gasteiger partial charge in [-0.15, -0.1) is 0 Å². The fourth-order valence-corrected chi connectivity index (χ4v) is 5.55. The second kappa shape index (κ2) is 8.49. The van der Waals surface area contributed by atoms with Gasteiger partial charge in [-0.25, -0.2) is 0 Å². The third-order valence-corrected chi connectivity index (χ3v) is 7.07. The first-order valence-corrected chi connectivity index (χ1v) is 11.7. The molecule has 178 valence electrons. The maximum absolute atomic E-state index is 14.0. The van der Waals surface area contributed by atoms with Crippen molar-refractivity contribution < 1.29 is 18.0 Å². The van der Waals surface area contributed by atoms with E-state index in [0.717, 1.165) is 43.7 Å². The molecule has 2 aromatic carbocycles. The summed E-state index contributed by atoms with van der Waals surface area (Å²) in [5.74, 6) is -0.867. The Morgan fingerprint density at radius 1 is 1.12 bits per heavy atom. The van der Waals surface area contributed by atoms with Gasteiger partial charge >= 0.3 is 6.18 Å². The van der Waals surface area contributed by atoms with E-state index >= 15 is 0 Å². The maximum atomic E-state index is 14.0. The van der Waals surface area contributed by atoms with Gasteiger partial charge in [-0.3, -0.25) is 9.59 Å². The highest BCUT2D eigenvalue weighted by molar-refractivity contribution is 6.06. The molecule has 5 nitrogen and oxygen atoms in total. The highest BCUT2D eigenvalue weighted by atomic mass is 19.4. The quantitative estimate of drug-likeness (QED) is 0.490. The number of H-pyrrole nitrogens is 1. The number of halogens is 3. The molecule has 3 heterocycles. The molecule has 0 saturated carbocycles. The second-order valence-corrected chi connectivity index (χ2v) is 9.17. The molecule has 8 heteroatoms. The van der Waals surface area contributed by atoms with Crippen LogP contribution in [0.4, 0.5) is 24.5 Å². The normalized spacial score (nSPS) is 19.7. The molecule has 2 bridgehead atoms. The first kappa shape index (κ1) is 22.5. The Labute approximate surface area is 195 Å². The van der Waals surface area contributed by atoms with Gasteiger partial charge in [-0.05, 0) is 61.9 Å². The number of hydrogen-bond donors (Lipinski definition) is 2. The van der Waals surface area contributed by atoms with Gasteiger partial charge in [0.2, 0.25) is 5.43 Å². The largest absolute Gasteiger partial charge is 0.418 e. The van der Waals surface area contributed by atoms with Crippen LogP contribution < -0.4 is 15.6 Å². The number of carbonyl (C=O) groups is 1. The smallest absolute Gasteiger partial charge is 0.366 e. The molecule has 0 radical (unpaired) electrons. The fourth-order valence-electron chi connectivity index (χ4n) is 5.55. The average molecular weight is 470 g/mol. The first-order valence-electron chi connectivity index (χ1n) is 11.7. The number of alkyl halides is 3. The minimum Gasteiger partial charge on any atom is -0.366 e. The minimum atomic E-state index is -4.65. The molecule has 0 unspecified atom stereocenters. The number of amides is 1. The van der Waals surface area contributed by atoms with Gasteiger partial charge in [0.05, 0.1) is 11.3 Å². The van der Waals surface area contributed by atoms with Gasteiger partial charge in [0.1, 0.15) is 5.56 Å². The van der Waals surface area contributed by atoms with Crippen LogP contribution in [0.15, 0.2) is 47.4 Å². The Hall–Kier alpha value is -3.29. The molecular formula is C26H26F3N3O2. The lowest BCUT2D eigenvalue weighted by Gasteiger charge is -2.26. The summed E-state index contributed by atoms with van der Waals surface area (Å²) in [4.78, 5) is 31.1. The zero-order valence-corrected chi connectivity index (χ0v) is 18.8. The molecule has 0 aliphatic carbocycles. The molecular weight excluding hydrogens is 443 g/mol. The number of pyridine rings is 1. The summed E-state index contributed by atoms with van der Waals surface area (Å²) in [6, 6.07) is 10.00. The van der Waals surface area contributed by atoms with Crippen molar-refractivity contribution in [2.75, 3.05) is 10.2 Å². The van der Waals surface area contributed by atoms with Crippen LogP contribution in [-0.4, -0.2) is 23.0 Å². The van der Waals surface area contributed by atoms with Crippen molar-refractivity contribution in [3.63, 3.8) is 0 Å². The third kappa shape index (κ3) is 3.85. The Kier molecular flexibility index (Phi) is 5.62. The van der Waals surface area contributed by atoms with Crippen LogP contribution in [0.5, 0.6) is 0 Å². The highest BCUT2D eigenvalue weighted by Crippen LogP contribution is 2.44. The standard InChI is InChI=1S/C26H26F3N3O2/c1-2-4-15-5-3-6-22-23(15)24(33)19(14-30-22)25(34)31-21-12-11-18(13-20(21)26(27,28)29)32-16-7-8-17(32)10-9-16/h3,5-6,11-14,16-17H,2,4,7-10H2,1H3,(H,30,33)(H,31,34). The molecule has 3 aromatic rings. The van der Waals surface area contributed by atoms with Crippen LogP contribution in [-0.2, 0) is 12.6 Å². The molecule has 5 rings (SSSR count). The SMILES string of the molecule is CCCc1cccc2[nH]cc(C(=O)Nc3ccc(N4C5CCC4CC5)cc3C(F)(F)F)c(=O)c12. The van der Waals surface area contributed by atoms with Crippen molar-refractivity contribution in [2.24, 2.45) is 0 Å². The van der Waals surface area contributed by atoms with Crippen LogP contribution in [0, 0.1) is 0 Å². The summed E-state index contributed by atoms with van der Waals surface area (Å²) in [6.07, 6.45) is 2.06. The number of anilines is 2. The summed E-state index contributed by atoms with van der Waals surface area (Å²) in [6.45, 7) is 1.99. The molecule has 2 aliphatic heterocycles. The fraction of sp³-hybridized carbons (Fsp3) is 0.385. The monoisotopic (exact) mass is 469 g/mol. The van der Waals surface area contributed by atoms with Crippen molar-refractivity contribution in [2.45, 2.75) is 63.7 Å². The minimum absolute atomic E-state index is 0.217. The number of nitrogens with one attached hydrogen (secondary N) is 2. The lowest BCUT2D eigenvalue weighted by molar-refractivity contribution is -0.136. The zero-order valence-electron chi connectivity index (χ0n) is 18.8. The van der Waals surface area contributed by atoms with E-state index in [1.807, 2.05) is 19.1 Å². The summed E-state index contributed by atoms with van der Waals surface area (Å²) in [7, 11) is 0. The van der Waals surface area contributed by atoms with Gasteiger partial charge in [0, 0.05) is 34.9 Å². The molecule has 2 saturated heterocycles. The number of carbonyl (C=O) groups excluding carboxylic acids is 1. The Morgan fingerprint density at radius 2 is 1.82 bits per heavy atom. The molecule has 1 aromatic heterocycles. The summed E-state index contributed by atoms with van der Waals surface area (Å²) >= 11 is 0. The molecule has 0 spiro atoms. The van der Waals surface area contributed by atoms with Crippen LogP contribution in [0.25, 0.3) is 10.9 Å². The van der Waals surface area contributed by atoms with Crippen LogP contribution >= 0.6 is 0 Å². The number of aryl methyl sites for hydroxylation is 1. The van der Waals surface area contributed by atoms with Crippen molar-refractivity contribution in [3.05, 3.63) is 69.5 Å². The zero-order chi connectivity index (χ0) is 24.0. The van der Waals surface area contributed by atoms with Crippen molar-refractivity contribution >= 4 is 28.2 Å². The molecule has 2 N–H and O–H groups in total.